The minimum Gasteiger partial charge on any atom is -1.00 e. The van der Waals surface area contributed by atoms with Crippen LogP contribution < -0.4 is 22.2 Å². The summed E-state index contributed by atoms with van der Waals surface area (Å²) in [7, 11) is 12.4. The summed E-state index contributed by atoms with van der Waals surface area (Å²) in [6, 6.07) is 17.6. The molecule has 2 aromatic carbocycles. The quantitative estimate of drug-likeness (QED) is 0.554. The Kier molecular flexibility index (Phi) is 7.46. The van der Waals surface area contributed by atoms with Gasteiger partial charge in [-0.15, -0.1) is 0 Å². The summed E-state index contributed by atoms with van der Waals surface area (Å²) in [6.45, 7) is 0. The molecule has 0 atom stereocenters. The van der Waals surface area contributed by atoms with Gasteiger partial charge in [0.2, 0.25) is 0 Å². The number of hydrogen-bond acceptors (Lipinski definition) is 2. The van der Waals surface area contributed by atoms with Crippen LogP contribution in [0.3, 0.4) is 0 Å². The van der Waals surface area contributed by atoms with E-state index in [0.29, 0.717) is 0 Å². The third kappa shape index (κ3) is 5.18. The van der Waals surface area contributed by atoms with Gasteiger partial charge < -0.3 is 22.2 Å². The van der Waals surface area contributed by atoms with Crippen LogP contribution in [-0.2, 0) is 0 Å². The Labute approximate surface area is 181 Å². The molecule has 0 N–H and O–H groups in total. The highest BCUT2D eigenvalue weighted by atomic mass is 35.5. The molecule has 0 radical (unpaired) electrons. The number of hydrogen-bond donors (Lipinski definition) is 0. The van der Waals surface area contributed by atoms with Crippen molar-refractivity contribution in [1.29, 1.82) is 0 Å². The average molecular weight is 414 g/mol. The van der Waals surface area contributed by atoms with Crippen molar-refractivity contribution in [3.05, 3.63) is 89.5 Å². The van der Waals surface area contributed by atoms with Crippen molar-refractivity contribution in [3.63, 3.8) is 0 Å². The second-order valence-corrected chi connectivity index (χ2v) is 7.70. The van der Waals surface area contributed by atoms with Gasteiger partial charge in [0.1, 0.15) is 14.1 Å². The Balaban J connectivity index is 0.00000300. The summed E-state index contributed by atoms with van der Waals surface area (Å²) >= 11 is 0. The van der Waals surface area contributed by atoms with E-state index in [1.165, 1.54) is 39.4 Å². The van der Waals surface area contributed by atoms with Gasteiger partial charge in [0, 0.05) is 51.7 Å². The summed E-state index contributed by atoms with van der Waals surface area (Å²) in [6.07, 6.45) is 8.78. The van der Waals surface area contributed by atoms with Gasteiger partial charge in [-0.1, -0.05) is 24.3 Å². The summed E-state index contributed by atoms with van der Waals surface area (Å²) in [5, 5.41) is 0. The third-order valence-corrected chi connectivity index (χ3v) is 5.02. The fourth-order valence-corrected chi connectivity index (χ4v) is 3.28. The van der Waals surface area contributed by atoms with Crippen molar-refractivity contribution in [2.24, 2.45) is 0 Å². The molecular weight excluding hydrogens is 384 g/mol. The molecule has 152 valence electrons. The monoisotopic (exact) mass is 413 g/mol. The lowest BCUT2D eigenvalue weighted by atomic mass is 9.90. The van der Waals surface area contributed by atoms with Crippen molar-refractivity contribution in [3.8, 4) is 0 Å². The van der Waals surface area contributed by atoms with Crippen LogP contribution in [0.2, 0.25) is 0 Å². The first-order chi connectivity index (χ1) is 13.4. The lowest BCUT2D eigenvalue weighted by Gasteiger charge is -2.18. The van der Waals surface area contributed by atoms with E-state index in [9.17, 15) is 0 Å². The van der Waals surface area contributed by atoms with E-state index in [2.05, 4.69) is 129 Å². The van der Waals surface area contributed by atoms with E-state index in [-0.39, 0.29) is 12.4 Å². The van der Waals surface area contributed by atoms with Crippen molar-refractivity contribution >= 4 is 22.7 Å². The average Bonchev–Trinajstić information content (AvgIpc) is 2.69. The zero-order chi connectivity index (χ0) is 20.3. The van der Waals surface area contributed by atoms with Crippen LogP contribution in [0.5, 0.6) is 0 Å². The highest BCUT2D eigenvalue weighted by molar-refractivity contribution is 6.04. The Morgan fingerprint density at radius 3 is 1.31 bits per heavy atom. The topological polar surface area (TPSA) is 9.49 Å². The predicted molar refractivity (Wildman–Crippen MR) is 123 cm³/mol. The number of allylic oxidation sites excluding steroid dienone is 5. The van der Waals surface area contributed by atoms with Gasteiger partial charge in [-0.3, -0.25) is 0 Å². The van der Waals surface area contributed by atoms with Crippen LogP contribution in [0.25, 0.3) is 5.57 Å². The van der Waals surface area contributed by atoms with Gasteiger partial charge in [-0.2, -0.15) is 0 Å². The maximum atomic E-state index is 2.21. The van der Waals surface area contributed by atoms with Crippen LogP contribution in [0.15, 0.2) is 78.4 Å². The van der Waals surface area contributed by atoms with Gasteiger partial charge in [0.15, 0.2) is 5.71 Å². The molecule has 3 rings (SSSR count). The smallest absolute Gasteiger partial charge is 0.199 e. The second-order valence-electron chi connectivity index (χ2n) is 7.70. The van der Waals surface area contributed by atoms with Crippen LogP contribution in [0.4, 0.5) is 11.4 Å². The molecule has 0 aliphatic heterocycles. The Hall–Kier alpha value is -2.78. The molecule has 0 saturated heterocycles. The molecule has 0 unspecified atom stereocenters. The van der Waals surface area contributed by atoms with E-state index >= 15 is 0 Å². The molecule has 0 amide bonds. The molecule has 1 aliphatic rings. The third-order valence-electron chi connectivity index (χ3n) is 5.02. The minimum atomic E-state index is 0. The Morgan fingerprint density at radius 1 is 0.621 bits per heavy atom. The lowest BCUT2D eigenvalue weighted by Crippen LogP contribution is -3.00. The van der Waals surface area contributed by atoms with Crippen LogP contribution in [-0.4, -0.2) is 52.6 Å². The van der Waals surface area contributed by atoms with Crippen molar-refractivity contribution < 1.29 is 17.0 Å². The molecule has 0 bridgehead atoms. The van der Waals surface area contributed by atoms with Crippen molar-refractivity contribution in [2.45, 2.75) is 0 Å². The maximum absolute atomic E-state index is 2.21. The lowest BCUT2D eigenvalue weighted by molar-refractivity contribution is -0.462. The minimum absolute atomic E-state index is 0. The summed E-state index contributed by atoms with van der Waals surface area (Å²) in [5.41, 5.74) is 8.53. The second kappa shape index (κ2) is 9.62. The van der Waals surface area contributed by atoms with Crippen molar-refractivity contribution in [2.75, 3.05) is 52.1 Å². The first-order valence-corrected chi connectivity index (χ1v) is 9.57. The normalized spacial score (nSPS) is 12.5. The molecule has 2 aromatic rings. The predicted octanol–water partition coefficient (Wildman–Crippen LogP) is 1.46. The molecule has 0 spiro atoms. The van der Waals surface area contributed by atoms with E-state index in [1.807, 2.05) is 0 Å². The van der Waals surface area contributed by atoms with Crippen LogP contribution in [0.1, 0.15) is 11.1 Å². The number of benzene rings is 2. The van der Waals surface area contributed by atoms with Gasteiger partial charge in [0.05, 0.1) is 0 Å². The molecular formula is C25H30ClN3. The molecule has 29 heavy (non-hydrogen) atoms. The first-order valence-electron chi connectivity index (χ1n) is 9.57. The maximum Gasteiger partial charge on any atom is 0.199 e. The largest absolute Gasteiger partial charge is 1.00 e. The van der Waals surface area contributed by atoms with E-state index in [0.717, 1.165) is 0 Å². The Bertz CT molecular complexity index is 885. The first kappa shape index (κ1) is 22.5. The Morgan fingerprint density at radius 2 is 1.00 bits per heavy atom. The van der Waals surface area contributed by atoms with Gasteiger partial charge >= 0.3 is 0 Å². The number of anilines is 2. The van der Waals surface area contributed by atoms with Crippen LogP contribution in [0, 0.1) is 0 Å². The van der Waals surface area contributed by atoms with E-state index in [1.54, 1.807) is 0 Å². The highest BCUT2D eigenvalue weighted by Gasteiger charge is 2.13. The highest BCUT2D eigenvalue weighted by Crippen LogP contribution is 2.31. The van der Waals surface area contributed by atoms with Gasteiger partial charge in [-0.05, 0) is 58.7 Å². The molecule has 4 heteroatoms. The van der Waals surface area contributed by atoms with Gasteiger partial charge in [0.25, 0.3) is 0 Å². The number of halogens is 1. The zero-order valence-electron chi connectivity index (χ0n) is 18.1. The standard InChI is InChI=1S/C25H30N3.ClH/c1-26(2)22-13-7-19(8-14-22)25(20-9-15-23(16-10-20)27(3)4)21-11-17-24(18-12-21)28(5)6;/h7-18H,1-6H3;1H/q+1;/p-1/i1+1,2+1,3+1,4+1,5+1,6+1;. The summed E-state index contributed by atoms with van der Waals surface area (Å²) in [5.74, 6) is 0. The molecule has 1 aliphatic carbocycles. The fourth-order valence-electron chi connectivity index (χ4n) is 3.28. The SMILES string of the molecule is [13CH3]N([13CH3])c1ccc(C(=C2C=CC(=[N+]([13CH3])[13CH3])C=C2)c2ccc(N([13CH3])[13CH3])cc2)cc1.[Cl-]. The fraction of sp³-hybridized carbons (Fsp3) is 0.240. The molecule has 0 saturated carbocycles. The molecule has 0 aromatic heterocycles. The van der Waals surface area contributed by atoms with Crippen LogP contribution >= 0.6 is 0 Å². The molecule has 0 fully saturated rings. The summed E-state index contributed by atoms with van der Waals surface area (Å²) < 4.78 is 2.13. The molecule has 3 nitrogen and oxygen atoms in total. The van der Waals surface area contributed by atoms with Crippen molar-refractivity contribution in [1.82, 2.24) is 0 Å². The molecule has 0 heterocycles. The zero-order valence-corrected chi connectivity index (χ0v) is 18.9. The number of rotatable bonds is 4. The summed E-state index contributed by atoms with van der Waals surface area (Å²) in [4.78, 5) is 4.25. The number of nitrogens with zero attached hydrogens (tertiary/aromatic N) is 3. The van der Waals surface area contributed by atoms with E-state index in [4.69, 9.17) is 0 Å². The van der Waals surface area contributed by atoms with Gasteiger partial charge in [-0.25, -0.2) is 4.58 Å². The van der Waals surface area contributed by atoms with E-state index < -0.39 is 0 Å².